The van der Waals surface area contributed by atoms with Crippen LogP contribution in [0.4, 0.5) is 0 Å². The van der Waals surface area contributed by atoms with Crippen LogP contribution in [0.3, 0.4) is 0 Å². The zero-order valence-corrected chi connectivity index (χ0v) is 15.4. The number of aromatic nitrogens is 3. The standard InChI is InChI=1S/C20H17N3O3S/c24-19-16-4-2-14(1-3-15-12-27-13-21-15)11-17(16)22-18-5-6-20(7-8-23(18)19)25-9-10-26-20/h2,4,11-13H,5-10H2. The van der Waals surface area contributed by atoms with Crippen molar-refractivity contribution in [1.29, 1.82) is 0 Å². The van der Waals surface area contributed by atoms with E-state index in [1.807, 2.05) is 23.6 Å². The highest BCUT2D eigenvalue weighted by Gasteiger charge is 2.38. The van der Waals surface area contributed by atoms with E-state index in [0.29, 0.717) is 49.9 Å². The fraction of sp³-hybridized carbons (Fsp3) is 0.350. The Morgan fingerprint density at radius 1 is 1.19 bits per heavy atom. The Morgan fingerprint density at radius 2 is 2.07 bits per heavy atom. The molecule has 7 heteroatoms. The van der Waals surface area contributed by atoms with Crippen LogP contribution in [0.1, 0.15) is 29.9 Å². The Hall–Kier alpha value is -2.53. The van der Waals surface area contributed by atoms with Gasteiger partial charge in [-0.05, 0) is 24.1 Å². The highest BCUT2D eigenvalue weighted by atomic mass is 32.1. The monoisotopic (exact) mass is 379 g/mol. The maximum atomic E-state index is 13.0. The van der Waals surface area contributed by atoms with Crippen LogP contribution in [-0.2, 0) is 22.4 Å². The summed E-state index contributed by atoms with van der Waals surface area (Å²) < 4.78 is 13.4. The molecule has 2 aromatic heterocycles. The summed E-state index contributed by atoms with van der Waals surface area (Å²) in [6, 6.07) is 5.55. The van der Waals surface area contributed by atoms with Crippen molar-refractivity contribution in [1.82, 2.24) is 14.5 Å². The average Bonchev–Trinajstić information content (AvgIpc) is 3.33. The molecule has 2 aliphatic heterocycles. The van der Waals surface area contributed by atoms with Gasteiger partial charge >= 0.3 is 0 Å². The van der Waals surface area contributed by atoms with Crippen LogP contribution in [0.5, 0.6) is 0 Å². The number of benzene rings is 1. The lowest BCUT2D eigenvalue weighted by Crippen LogP contribution is -2.31. The molecule has 1 saturated heterocycles. The van der Waals surface area contributed by atoms with Gasteiger partial charge in [0.05, 0.1) is 29.6 Å². The summed E-state index contributed by atoms with van der Waals surface area (Å²) >= 11 is 1.51. The molecular weight excluding hydrogens is 362 g/mol. The van der Waals surface area contributed by atoms with Crippen molar-refractivity contribution in [3.05, 3.63) is 56.5 Å². The molecule has 0 unspecified atom stereocenters. The van der Waals surface area contributed by atoms with E-state index in [1.54, 1.807) is 10.1 Å². The molecule has 3 aromatic rings. The van der Waals surface area contributed by atoms with Gasteiger partial charge in [-0.15, -0.1) is 11.3 Å². The Kier molecular flexibility index (Phi) is 4.05. The van der Waals surface area contributed by atoms with Crippen molar-refractivity contribution in [2.24, 2.45) is 0 Å². The first-order valence-corrected chi connectivity index (χ1v) is 9.88. The van der Waals surface area contributed by atoms with Crippen molar-refractivity contribution < 1.29 is 9.47 Å². The fourth-order valence-corrected chi connectivity index (χ4v) is 4.16. The lowest BCUT2D eigenvalue weighted by Gasteiger charge is -2.24. The van der Waals surface area contributed by atoms with Gasteiger partial charge in [-0.25, -0.2) is 9.97 Å². The summed E-state index contributed by atoms with van der Waals surface area (Å²) in [4.78, 5) is 21.9. The largest absolute Gasteiger partial charge is 0.347 e. The molecular formula is C20H17N3O3S. The second-order valence-corrected chi connectivity index (χ2v) is 7.42. The van der Waals surface area contributed by atoms with Gasteiger partial charge in [0, 0.05) is 36.8 Å². The van der Waals surface area contributed by atoms with E-state index in [0.717, 1.165) is 17.1 Å². The first kappa shape index (κ1) is 16.6. The smallest absolute Gasteiger partial charge is 0.261 e. The molecule has 27 heavy (non-hydrogen) atoms. The van der Waals surface area contributed by atoms with Crippen LogP contribution in [-0.4, -0.2) is 33.5 Å². The summed E-state index contributed by atoms with van der Waals surface area (Å²) in [7, 11) is 0. The van der Waals surface area contributed by atoms with Crippen molar-refractivity contribution in [2.45, 2.75) is 31.6 Å². The van der Waals surface area contributed by atoms with Gasteiger partial charge in [-0.1, -0.05) is 5.92 Å². The predicted octanol–water partition coefficient (Wildman–Crippen LogP) is 2.33. The number of hydrogen-bond donors (Lipinski definition) is 0. The van der Waals surface area contributed by atoms with E-state index in [9.17, 15) is 4.79 Å². The van der Waals surface area contributed by atoms with E-state index >= 15 is 0 Å². The van der Waals surface area contributed by atoms with Gasteiger partial charge in [0.25, 0.3) is 5.56 Å². The quantitative estimate of drug-likeness (QED) is 0.561. The van der Waals surface area contributed by atoms with Crippen LogP contribution < -0.4 is 5.56 Å². The van der Waals surface area contributed by atoms with Crippen molar-refractivity contribution in [2.75, 3.05) is 13.2 Å². The molecule has 0 aliphatic carbocycles. The molecule has 2 aliphatic rings. The third kappa shape index (κ3) is 3.06. The molecule has 0 atom stereocenters. The van der Waals surface area contributed by atoms with E-state index < -0.39 is 5.79 Å². The molecule has 1 spiro atoms. The Balaban J connectivity index is 1.53. The molecule has 1 fully saturated rings. The lowest BCUT2D eigenvalue weighted by molar-refractivity contribution is -0.165. The Labute approximate surface area is 159 Å². The van der Waals surface area contributed by atoms with Gasteiger partial charge in [0.15, 0.2) is 5.79 Å². The molecule has 0 saturated carbocycles. The summed E-state index contributed by atoms with van der Waals surface area (Å²) in [6.45, 7) is 1.78. The summed E-state index contributed by atoms with van der Waals surface area (Å²) in [5.74, 6) is 6.35. The third-order valence-corrected chi connectivity index (χ3v) is 5.65. The fourth-order valence-electron chi connectivity index (χ4n) is 3.67. The van der Waals surface area contributed by atoms with E-state index in [1.165, 1.54) is 11.3 Å². The van der Waals surface area contributed by atoms with Gasteiger partial charge < -0.3 is 9.47 Å². The maximum Gasteiger partial charge on any atom is 0.261 e. The molecule has 136 valence electrons. The molecule has 0 amide bonds. The minimum atomic E-state index is -0.559. The first-order chi connectivity index (χ1) is 13.2. The van der Waals surface area contributed by atoms with Crippen LogP contribution in [0.15, 0.2) is 33.9 Å². The van der Waals surface area contributed by atoms with Crippen LogP contribution >= 0.6 is 11.3 Å². The molecule has 0 bridgehead atoms. The van der Waals surface area contributed by atoms with E-state index in [2.05, 4.69) is 16.8 Å². The highest BCUT2D eigenvalue weighted by molar-refractivity contribution is 7.07. The van der Waals surface area contributed by atoms with Gasteiger partial charge in [0.2, 0.25) is 0 Å². The van der Waals surface area contributed by atoms with Crippen LogP contribution in [0, 0.1) is 11.8 Å². The summed E-state index contributed by atoms with van der Waals surface area (Å²) in [5.41, 5.74) is 3.99. The van der Waals surface area contributed by atoms with Gasteiger partial charge in [-0.3, -0.25) is 9.36 Å². The number of ether oxygens (including phenoxy) is 2. The SMILES string of the molecule is O=c1c2ccc(C#Cc3cscn3)cc2nc2n1CCC1(CC2)OCCO1. The third-order valence-electron chi connectivity index (χ3n) is 5.06. The Bertz CT molecular complexity index is 1120. The summed E-state index contributed by atoms with van der Waals surface area (Å²) in [5, 5.41) is 2.52. The highest BCUT2D eigenvalue weighted by Crippen LogP contribution is 2.31. The number of aryl methyl sites for hydroxylation is 1. The minimum absolute atomic E-state index is 0.0101. The maximum absolute atomic E-state index is 13.0. The number of fused-ring (bicyclic) bond motifs is 2. The predicted molar refractivity (Wildman–Crippen MR) is 102 cm³/mol. The minimum Gasteiger partial charge on any atom is -0.347 e. The van der Waals surface area contributed by atoms with Crippen molar-refractivity contribution >= 4 is 22.2 Å². The van der Waals surface area contributed by atoms with E-state index in [4.69, 9.17) is 14.5 Å². The van der Waals surface area contributed by atoms with Crippen LogP contribution in [0.2, 0.25) is 0 Å². The number of thiazole rings is 1. The topological polar surface area (TPSA) is 66.2 Å². The van der Waals surface area contributed by atoms with E-state index in [-0.39, 0.29) is 5.56 Å². The molecule has 4 heterocycles. The van der Waals surface area contributed by atoms with Gasteiger partial charge in [-0.2, -0.15) is 0 Å². The number of rotatable bonds is 0. The van der Waals surface area contributed by atoms with Gasteiger partial charge in [0.1, 0.15) is 11.5 Å². The van der Waals surface area contributed by atoms with Crippen molar-refractivity contribution in [3.63, 3.8) is 0 Å². The summed E-state index contributed by atoms with van der Waals surface area (Å²) in [6.07, 6.45) is 2.04. The second-order valence-electron chi connectivity index (χ2n) is 6.70. The molecule has 5 rings (SSSR count). The molecule has 6 nitrogen and oxygen atoms in total. The first-order valence-electron chi connectivity index (χ1n) is 8.94. The number of hydrogen-bond acceptors (Lipinski definition) is 6. The van der Waals surface area contributed by atoms with Crippen molar-refractivity contribution in [3.8, 4) is 11.8 Å². The molecule has 1 aromatic carbocycles. The zero-order valence-electron chi connectivity index (χ0n) is 14.6. The normalized spacial score (nSPS) is 18.1. The Morgan fingerprint density at radius 3 is 2.89 bits per heavy atom. The second kappa shape index (κ2) is 6.57. The molecule has 0 N–H and O–H groups in total. The van der Waals surface area contributed by atoms with Crippen LogP contribution in [0.25, 0.3) is 10.9 Å². The zero-order chi connectivity index (χ0) is 18.3. The number of nitrogens with zero attached hydrogens (tertiary/aromatic N) is 3. The lowest BCUT2D eigenvalue weighted by atomic mass is 10.1. The average molecular weight is 379 g/mol. The molecule has 0 radical (unpaired) electrons.